The van der Waals surface area contributed by atoms with E-state index >= 15 is 0 Å². The van der Waals surface area contributed by atoms with Gasteiger partial charge in [0.15, 0.2) is 0 Å². The fraction of sp³-hybridized carbons (Fsp3) is 0.429. The molecule has 184 valence electrons. The number of aryl methyl sites for hydroxylation is 1. The number of carbonyl (C=O) groups is 1. The van der Waals surface area contributed by atoms with Crippen LogP contribution in [0, 0.1) is 12.8 Å². The number of carbonyl (C=O) groups excluding carboxylic acids is 1. The second-order valence-corrected chi connectivity index (χ2v) is 9.40. The van der Waals surface area contributed by atoms with Gasteiger partial charge in [0.25, 0.3) is 5.91 Å². The highest BCUT2D eigenvalue weighted by molar-refractivity contribution is 7.21. The molecular formula is C28H38N2O3S. The molecule has 34 heavy (non-hydrogen) atoms. The van der Waals surface area contributed by atoms with E-state index in [2.05, 4.69) is 37.7 Å². The number of nitrogens with zero attached hydrogens (tertiary/aromatic N) is 1. The van der Waals surface area contributed by atoms with Crippen LogP contribution in [0.4, 0.5) is 0 Å². The number of para-hydroxylation sites is 1. The first-order valence-electron chi connectivity index (χ1n) is 12.1. The second kappa shape index (κ2) is 13.1. The van der Waals surface area contributed by atoms with E-state index in [0.717, 1.165) is 45.0 Å². The van der Waals surface area contributed by atoms with Gasteiger partial charge < -0.3 is 14.8 Å². The highest BCUT2D eigenvalue weighted by atomic mass is 32.1. The summed E-state index contributed by atoms with van der Waals surface area (Å²) in [4.78, 5) is 18.3. The maximum atomic E-state index is 13.1. The van der Waals surface area contributed by atoms with Crippen LogP contribution in [0.25, 0.3) is 16.0 Å². The molecule has 0 saturated heterocycles. The molecule has 1 atom stereocenters. The first kappa shape index (κ1) is 27.4. The van der Waals surface area contributed by atoms with Gasteiger partial charge in [-0.1, -0.05) is 59.4 Å². The van der Waals surface area contributed by atoms with Gasteiger partial charge in [0.1, 0.15) is 11.5 Å². The number of aromatic nitrogens is 1. The molecule has 0 fully saturated rings. The van der Waals surface area contributed by atoms with Crippen molar-refractivity contribution in [2.45, 2.75) is 60.9 Å². The molecule has 3 heterocycles. The molecule has 4 rings (SSSR count). The Hall–Kier alpha value is -2.86. The van der Waals surface area contributed by atoms with Crippen molar-refractivity contribution in [3.63, 3.8) is 0 Å². The van der Waals surface area contributed by atoms with E-state index in [9.17, 15) is 4.79 Å². The standard InChI is InChI=1S/C22H22N2O3S.C4H10.C2H6/c1-4-26-14(3)15-9-11-23-19-13(2)20(28-21(15)19)22(25)24-17-10-12-27-18-8-6-5-7-16(17)18;1-4(2)3;1-2/h5-9,11,17H,3-4,10,12H2,1-2H3,(H,24,25);4H,1-3H3;1-2H3. The van der Waals surface area contributed by atoms with E-state index < -0.39 is 0 Å². The molecule has 6 heteroatoms. The third-order valence-corrected chi connectivity index (χ3v) is 6.21. The molecule has 0 radical (unpaired) electrons. The van der Waals surface area contributed by atoms with Crippen LogP contribution in [0.5, 0.6) is 5.75 Å². The summed E-state index contributed by atoms with van der Waals surface area (Å²) in [6, 6.07) is 9.67. The first-order valence-corrected chi connectivity index (χ1v) is 12.9. The van der Waals surface area contributed by atoms with Gasteiger partial charge in [-0.05, 0) is 37.5 Å². The third kappa shape index (κ3) is 6.60. The smallest absolute Gasteiger partial charge is 0.262 e. The Morgan fingerprint density at radius 3 is 2.62 bits per heavy atom. The molecule has 1 aliphatic heterocycles. The minimum Gasteiger partial charge on any atom is -0.494 e. The molecule has 1 aromatic carbocycles. The summed E-state index contributed by atoms with van der Waals surface area (Å²) >= 11 is 1.44. The van der Waals surface area contributed by atoms with Gasteiger partial charge in [0.05, 0.1) is 34.3 Å². The van der Waals surface area contributed by atoms with Crippen LogP contribution in [0.15, 0.2) is 43.1 Å². The molecule has 1 N–H and O–H groups in total. The molecule has 1 unspecified atom stereocenters. The lowest BCUT2D eigenvalue weighted by molar-refractivity contribution is 0.0928. The first-order chi connectivity index (χ1) is 16.3. The number of thiophene rings is 1. The van der Waals surface area contributed by atoms with Crippen LogP contribution < -0.4 is 10.1 Å². The van der Waals surface area contributed by atoms with E-state index in [1.807, 2.05) is 58.0 Å². The summed E-state index contributed by atoms with van der Waals surface area (Å²) < 4.78 is 12.2. The lowest BCUT2D eigenvalue weighted by Crippen LogP contribution is -2.32. The zero-order valence-electron chi connectivity index (χ0n) is 21.5. The predicted molar refractivity (Wildman–Crippen MR) is 144 cm³/mol. The van der Waals surface area contributed by atoms with E-state index in [1.165, 1.54) is 11.3 Å². The average Bonchev–Trinajstić information content (AvgIpc) is 3.17. The quantitative estimate of drug-likeness (QED) is 0.381. The summed E-state index contributed by atoms with van der Waals surface area (Å²) in [6.07, 6.45) is 2.48. The Morgan fingerprint density at radius 2 is 1.94 bits per heavy atom. The van der Waals surface area contributed by atoms with Crippen molar-refractivity contribution in [2.75, 3.05) is 13.2 Å². The van der Waals surface area contributed by atoms with Gasteiger partial charge in [-0.3, -0.25) is 9.78 Å². The summed E-state index contributed by atoms with van der Waals surface area (Å²) in [6.45, 7) is 19.5. The molecule has 2 aromatic heterocycles. The summed E-state index contributed by atoms with van der Waals surface area (Å²) in [7, 11) is 0. The average molecular weight is 483 g/mol. The predicted octanol–water partition coefficient (Wildman–Crippen LogP) is 7.55. The van der Waals surface area contributed by atoms with E-state index in [4.69, 9.17) is 9.47 Å². The van der Waals surface area contributed by atoms with Crippen LogP contribution in [0.1, 0.15) is 80.4 Å². The topological polar surface area (TPSA) is 60.5 Å². The molecule has 3 aromatic rings. The Bertz CT molecular complexity index is 1100. The number of amides is 1. The number of ether oxygens (including phenoxy) is 2. The van der Waals surface area contributed by atoms with Crippen molar-refractivity contribution in [2.24, 2.45) is 5.92 Å². The van der Waals surface area contributed by atoms with Gasteiger partial charge in [-0.2, -0.15) is 0 Å². The Balaban J connectivity index is 0.000000618. The molecule has 1 amide bonds. The largest absolute Gasteiger partial charge is 0.494 e. The number of hydrogen-bond donors (Lipinski definition) is 1. The molecule has 0 aliphatic carbocycles. The van der Waals surface area contributed by atoms with Crippen LogP contribution in [-0.2, 0) is 4.74 Å². The Kier molecular flexibility index (Phi) is 10.6. The maximum absolute atomic E-state index is 13.1. The monoisotopic (exact) mass is 482 g/mol. The number of nitrogens with one attached hydrogen (secondary N) is 1. The Morgan fingerprint density at radius 1 is 1.26 bits per heavy atom. The minimum atomic E-state index is -0.0878. The lowest BCUT2D eigenvalue weighted by atomic mass is 10.0. The molecule has 1 aliphatic rings. The van der Waals surface area contributed by atoms with Crippen molar-refractivity contribution in [3.8, 4) is 5.75 Å². The van der Waals surface area contributed by atoms with E-state index in [0.29, 0.717) is 23.9 Å². The molecule has 5 nitrogen and oxygen atoms in total. The molecule has 0 spiro atoms. The number of pyridine rings is 1. The van der Waals surface area contributed by atoms with Gasteiger partial charge in [-0.15, -0.1) is 11.3 Å². The molecule has 0 saturated carbocycles. The summed E-state index contributed by atoms with van der Waals surface area (Å²) in [5.74, 6) is 2.18. The van der Waals surface area contributed by atoms with Gasteiger partial charge >= 0.3 is 0 Å². The zero-order chi connectivity index (χ0) is 25.3. The Labute approximate surface area is 208 Å². The normalized spacial score (nSPS) is 14.1. The lowest BCUT2D eigenvalue weighted by Gasteiger charge is -2.26. The van der Waals surface area contributed by atoms with Gasteiger partial charge in [0, 0.05) is 23.7 Å². The van der Waals surface area contributed by atoms with Crippen LogP contribution in [0.3, 0.4) is 0 Å². The van der Waals surface area contributed by atoms with Crippen molar-refractivity contribution in [1.82, 2.24) is 10.3 Å². The molecule has 0 bridgehead atoms. The summed E-state index contributed by atoms with van der Waals surface area (Å²) in [5, 5.41) is 3.18. The zero-order valence-corrected chi connectivity index (χ0v) is 22.3. The van der Waals surface area contributed by atoms with Crippen molar-refractivity contribution in [3.05, 3.63) is 64.7 Å². The van der Waals surface area contributed by atoms with E-state index in [1.54, 1.807) is 6.20 Å². The van der Waals surface area contributed by atoms with Gasteiger partial charge in [-0.25, -0.2) is 0 Å². The molecular weight excluding hydrogens is 444 g/mol. The van der Waals surface area contributed by atoms with Crippen molar-refractivity contribution in [1.29, 1.82) is 0 Å². The fourth-order valence-corrected chi connectivity index (χ4v) is 4.71. The summed E-state index contributed by atoms with van der Waals surface area (Å²) in [5.41, 5.74) is 3.60. The SMILES string of the molecule is C=C(OCC)c1ccnc2c(C)c(C(=O)NC3CCOc4ccccc43)sc12.CC.CC(C)C. The number of fused-ring (bicyclic) bond motifs is 2. The van der Waals surface area contributed by atoms with Gasteiger partial charge in [0.2, 0.25) is 0 Å². The highest BCUT2D eigenvalue weighted by Crippen LogP contribution is 2.36. The number of hydrogen-bond acceptors (Lipinski definition) is 5. The van der Waals surface area contributed by atoms with Crippen LogP contribution in [0.2, 0.25) is 0 Å². The fourth-order valence-electron chi connectivity index (χ4n) is 3.51. The van der Waals surface area contributed by atoms with Crippen LogP contribution in [-0.4, -0.2) is 24.1 Å². The number of rotatable bonds is 5. The second-order valence-electron chi connectivity index (χ2n) is 8.38. The third-order valence-electron chi connectivity index (χ3n) is 4.89. The van der Waals surface area contributed by atoms with Crippen molar-refractivity contribution >= 4 is 33.2 Å². The van der Waals surface area contributed by atoms with Crippen LogP contribution >= 0.6 is 11.3 Å². The minimum absolute atomic E-state index is 0.0621. The maximum Gasteiger partial charge on any atom is 0.262 e. The number of benzene rings is 1. The van der Waals surface area contributed by atoms with Crippen molar-refractivity contribution < 1.29 is 14.3 Å². The van der Waals surface area contributed by atoms with E-state index in [-0.39, 0.29) is 11.9 Å². The highest BCUT2D eigenvalue weighted by Gasteiger charge is 2.26.